The van der Waals surface area contributed by atoms with Gasteiger partial charge in [0.1, 0.15) is 18.9 Å². The molecule has 3 heterocycles. The first-order valence-corrected chi connectivity index (χ1v) is 14.9. The van der Waals surface area contributed by atoms with Crippen LogP contribution in [0.1, 0.15) is 11.3 Å². The summed E-state index contributed by atoms with van der Waals surface area (Å²) in [6, 6.07) is 26.7. The molecule has 0 unspecified atom stereocenters. The van der Waals surface area contributed by atoms with Crippen LogP contribution >= 0.6 is 11.8 Å². The SMILES string of the molecule is Cc1c(/C=C2\SC(=O)N(CCOc3cccc4ccccc34)C2=O)c2ccccc2n1CC(=O)Nc1ccc2c(c1)OCO2. The van der Waals surface area contributed by atoms with E-state index in [-0.39, 0.29) is 43.5 Å². The Kier molecular flexibility index (Phi) is 7.19. The van der Waals surface area contributed by atoms with E-state index in [9.17, 15) is 14.4 Å². The zero-order chi connectivity index (χ0) is 30.2. The zero-order valence-corrected chi connectivity index (χ0v) is 24.6. The number of benzene rings is 4. The number of aromatic nitrogens is 1. The number of hydrogen-bond donors (Lipinski definition) is 1. The first-order valence-electron chi connectivity index (χ1n) is 14.1. The number of ether oxygens (including phenoxy) is 3. The second kappa shape index (κ2) is 11.5. The van der Waals surface area contributed by atoms with Gasteiger partial charge in [0.05, 0.1) is 11.4 Å². The second-order valence-electron chi connectivity index (χ2n) is 10.4. The largest absolute Gasteiger partial charge is 0.491 e. The van der Waals surface area contributed by atoms with Gasteiger partial charge in [-0.05, 0) is 54.4 Å². The lowest BCUT2D eigenvalue weighted by molar-refractivity contribution is -0.123. The lowest BCUT2D eigenvalue weighted by Crippen LogP contribution is -2.32. The Hall–Kier alpha value is -5.22. The molecule has 1 N–H and O–H groups in total. The molecule has 4 aromatic carbocycles. The van der Waals surface area contributed by atoms with Crippen molar-refractivity contribution in [3.05, 3.63) is 101 Å². The lowest BCUT2D eigenvalue weighted by atomic mass is 10.1. The van der Waals surface area contributed by atoms with Gasteiger partial charge in [0.2, 0.25) is 12.7 Å². The van der Waals surface area contributed by atoms with Crippen molar-refractivity contribution in [3.8, 4) is 17.2 Å². The van der Waals surface area contributed by atoms with E-state index < -0.39 is 0 Å². The Morgan fingerprint density at radius 2 is 1.73 bits per heavy atom. The number of nitrogens with zero attached hydrogens (tertiary/aromatic N) is 2. The molecule has 5 aromatic rings. The topological polar surface area (TPSA) is 99.1 Å². The zero-order valence-electron chi connectivity index (χ0n) is 23.7. The molecule has 1 saturated heterocycles. The highest BCUT2D eigenvalue weighted by Gasteiger charge is 2.35. The third-order valence-corrected chi connectivity index (χ3v) is 8.62. The molecule has 9 nitrogen and oxygen atoms in total. The summed E-state index contributed by atoms with van der Waals surface area (Å²) in [5.74, 6) is 1.35. The van der Waals surface area contributed by atoms with Crippen molar-refractivity contribution in [2.24, 2.45) is 0 Å². The fraction of sp³-hybridized carbons (Fsp3) is 0.147. The maximum absolute atomic E-state index is 13.4. The van der Waals surface area contributed by atoms with Crippen molar-refractivity contribution < 1.29 is 28.6 Å². The van der Waals surface area contributed by atoms with E-state index in [4.69, 9.17) is 14.2 Å². The predicted molar refractivity (Wildman–Crippen MR) is 170 cm³/mol. The summed E-state index contributed by atoms with van der Waals surface area (Å²) >= 11 is 0.910. The summed E-state index contributed by atoms with van der Waals surface area (Å²) in [6.07, 6.45) is 1.75. The van der Waals surface area contributed by atoms with Gasteiger partial charge in [-0.2, -0.15) is 0 Å². The van der Waals surface area contributed by atoms with Gasteiger partial charge in [0.25, 0.3) is 11.1 Å². The molecule has 3 amide bonds. The average Bonchev–Trinajstić information content (AvgIpc) is 3.68. The fourth-order valence-corrected chi connectivity index (χ4v) is 6.40. The number of hydrogen-bond acceptors (Lipinski definition) is 7. The Labute approximate surface area is 257 Å². The monoisotopic (exact) mass is 605 g/mol. The third kappa shape index (κ3) is 5.13. The van der Waals surface area contributed by atoms with Crippen LogP contribution in [0.2, 0.25) is 0 Å². The number of carbonyl (C=O) groups excluding carboxylic acids is 3. The normalized spacial score (nSPS) is 15.1. The molecule has 0 saturated carbocycles. The Balaban J connectivity index is 1.08. The standard InChI is InChI=1S/C34H27N3O6S/c1-21-26(18-31-33(39)36(34(40)44-31)15-16-41-28-12-6-8-22-7-2-3-9-24(22)28)25-10-4-5-11-27(25)37(21)19-32(38)35-23-13-14-29-30(17-23)43-20-42-29/h2-14,17-18H,15-16,19-20H2,1H3,(H,35,38)/b31-18-. The third-order valence-electron chi connectivity index (χ3n) is 7.71. The summed E-state index contributed by atoms with van der Waals surface area (Å²) in [6.45, 7) is 2.42. The number of fused-ring (bicyclic) bond motifs is 3. The summed E-state index contributed by atoms with van der Waals surface area (Å²) in [5, 5.41) is 5.49. The van der Waals surface area contributed by atoms with E-state index in [0.717, 1.165) is 44.7 Å². The van der Waals surface area contributed by atoms with Crippen LogP contribution in [0.25, 0.3) is 27.8 Å². The van der Waals surface area contributed by atoms with Crippen LogP contribution in [0.3, 0.4) is 0 Å². The molecule has 44 heavy (non-hydrogen) atoms. The summed E-state index contributed by atoms with van der Waals surface area (Å²) in [5.41, 5.74) is 3.04. The minimum absolute atomic E-state index is 0.0572. The van der Waals surface area contributed by atoms with E-state index in [1.54, 1.807) is 24.3 Å². The maximum atomic E-state index is 13.4. The molecule has 0 radical (unpaired) electrons. The molecule has 2 aliphatic rings. The molecule has 7 rings (SSSR count). The highest BCUT2D eigenvalue weighted by molar-refractivity contribution is 8.18. The maximum Gasteiger partial charge on any atom is 0.293 e. The minimum atomic E-state index is -0.363. The summed E-state index contributed by atoms with van der Waals surface area (Å²) in [7, 11) is 0. The van der Waals surface area contributed by atoms with Gasteiger partial charge in [-0.15, -0.1) is 0 Å². The number of thioether (sulfide) groups is 1. The van der Waals surface area contributed by atoms with Gasteiger partial charge in [0, 0.05) is 39.3 Å². The van der Waals surface area contributed by atoms with Crippen LogP contribution in [-0.4, -0.2) is 46.5 Å². The molecule has 1 fully saturated rings. The molecule has 0 aliphatic carbocycles. The van der Waals surface area contributed by atoms with Gasteiger partial charge in [0.15, 0.2) is 11.5 Å². The highest BCUT2D eigenvalue weighted by Crippen LogP contribution is 2.37. The van der Waals surface area contributed by atoms with E-state index in [2.05, 4.69) is 5.32 Å². The van der Waals surface area contributed by atoms with Gasteiger partial charge in [-0.1, -0.05) is 54.6 Å². The fourth-order valence-electron chi connectivity index (χ4n) is 5.55. The molecule has 10 heteroatoms. The van der Waals surface area contributed by atoms with Gasteiger partial charge in [-0.3, -0.25) is 19.3 Å². The Bertz CT molecular complexity index is 1990. The smallest absolute Gasteiger partial charge is 0.293 e. The highest BCUT2D eigenvalue weighted by atomic mass is 32.2. The number of para-hydroxylation sites is 1. The van der Waals surface area contributed by atoms with E-state index in [1.807, 2.05) is 78.2 Å². The van der Waals surface area contributed by atoms with Crippen LogP contribution in [0.15, 0.2) is 89.8 Å². The van der Waals surface area contributed by atoms with Crippen molar-refractivity contribution in [2.45, 2.75) is 13.5 Å². The summed E-state index contributed by atoms with van der Waals surface area (Å²) < 4.78 is 18.7. The van der Waals surface area contributed by atoms with Crippen molar-refractivity contribution >= 4 is 62.3 Å². The molecular weight excluding hydrogens is 578 g/mol. The first kappa shape index (κ1) is 27.6. The van der Waals surface area contributed by atoms with Crippen LogP contribution in [0, 0.1) is 6.92 Å². The lowest BCUT2D eigenvalue weighted by Gasteiger charge is -2.14. The van der Waals surface area contributed by atoms with Crippen LogP contribution < -0.4 is 19.5 Å². The van der Waals surface area contributed by atoms with E-state index in [0.29, 0.717) is 27.8 Å². The van der Waals surface area contributed by atoms with Crippen molar-refractivity contribution in [2.75, 3.05) is 25.3 Å². The number of nitrogens with one attached hydrogen (secondary N) is 1. The van der Waals surface area contributed by atoms with Crippen LogP contribution in [0.4, 0.5) is 10.5 Å². The number of rotatable bonds is 8. The van der Waals surface area contributed by atoms with E-state index in [1.165, 1.54) is 4.90 Å². The minimum Gasteiger partial charge on any atom is -0.491 e. The van der Waals surface area contributed by atoms with E-state index >= 15 is 0 Å². The van der Waals surface area contributed by atoms with Crippen molar-refractivity contribution in [1.29, 1.82) is 0 Å². The van der Waals surface area contributed by atoms with Crippen LogP contribution in [-0.2, 0) is 16.1 Å². The number of amides is 3. The molecule has 0 bridgehead atoms. The predicted octanol–water partition coefficient (Wildman–Crippen LogP) is 6.59. The Morgan fingerprint density at radius 3 is 2.61 bits per heavy atom. The van der Waals surface area contributed by atoms with Crippen molar-refractivity contribution in [3.63, 3.8) is 0 Å². The average molecular weight is 606 g/mol. The van der Waals surface area contributed by atoms with Crippen LogP contribution in [0.5, 0.6) is 17.2 Å². The molecule has 0 spiro atoms. The second-order valence-corrected chi connectivity index (χ2v) is 11.4. The van der Waals surface area contributed by atoms with Crippen molar-refractivity contribution in [1.82, 2.24) is 9.47 Å². The molecular formula is C34H27N3O6S. The molecule has 0 atom stereocenters. The molecule has 2 aliphatic heterocycles. The number of imide groups is 1. The quantitative estimate of drug-likeness (QED) is 0.199. The number of carbonyl (C=O) groups is 3. The first-order chi connectivity index (χ1) is 21.5. The Morgan fingerprint density at radius 1 is 0.955 bits per heavy atom. The van der Waals surface area contributed by atoms with Gasteiger partial charge < -0.3 is 24.1 Å². The summed E-state index contributed by atoms with van der Waals surface area (Å²) in [4.78, 5) is 40.9. The van der Waals surface area contributed by atoms with Gasteiger partial charge in [-0.25, -0.2) is 0 Å². The van der Waals surface area contributed by atoms with Gasteiger partial charge >= 0.3 is 0 Å². The molecule has 1 aromatic heterocycles. The number of anilines is 1. The molecule has 220 valence electrons.